The van der Waals surface area contributed by atoms with Gasteiger partial charge in [-0.3, -0.25) is 0 Å². The molecular weight excluding hydrogens is 190 g/mol. The second-order valence-corrected chi connectivity index (χ2v) is 3.81. The highest BCUT2D eigenvalue weighted by molar-refractivity contribution is 5.18. The van der Waals surface area contributed by atoms with E-state index in [1.807, 2.05) is 18.2 Å². The molecule has 15 heavy (non-hydrogen) atoms. The molecule has 0 aliphatic rings. The van der Waals surface area contributed by atoms with E-state index in [2.05, 4.69) is 24.4 Å². The number of hydrogen-bond donors (Lipinski definition) is 3. The normalized spacial score (nSPS) is 14.9. The van der Waals surface area contributed by atoms with Gasteiger partial charge in [0.15, 0.2) is 0 Å². The van der Waals surface area contributed by atoms with Crippen LogP contribution < -0.4 is 5.32 Å². The molecular formula is C12H19NO2. The van der Waals surface area contributed by atoms with E-state index in [9.17, 15) is 0 Å². The third-order valence-electron chi connectivity index (χ3n) is 2.41. The average Bonchev–Trinajstić information content (AvgIpc) is 2.29. The molecule has 1 aromatic carbocycles. The summed E-state index contributed by atoms with van der Waals surface area (Å²) in [5.74, 6) is 0.414. The summed E-state index contributed by atoms with van der Waals surface area (Å²) in [4.78, 5) is 0. The average molecular weight is 209 g/mol. The minimum atomic E-state index is -0.659. The van der Waals surface area contributed by atoms with Crippen LogP contribution in [0.2, 0.25) is 0 Å². The summed E-state index contributed by atoms with van der Waals surface area (Å²) in [5, 5.41) is 20.9. The molecule has 0 aromatic heterocycles. The van der Waals surface area contributed by atoms with Gasteiger partial charge in [-0.15, -0.1) is 0 Å². The van der Waals surface area contributed by atoms with Crippen LogP contribution in [0, 0.1) is 0 Å². The van der Waals surface area contributed by atoms with Crippen molar-refractivity contribution >= 4 is 0 Å². The van der Waals surface area contributed by atoms with Crippen LogP contribution in [-0.2, 0) is 0 Å². The summed E-state index contributed by atoms with van der Waals surface area (Å²) in [6.07, 6.45) is -0.659. The molecule has 0 fully saturated rings. The third kappa shape index (κ3) is 4.42. The summed E-state index contributed by atoms with van der Waals surface area (Å²) in [6.45, 7) is 3.19. The zero-order valence-electron chi connectivity index (χ0n) is 9.06. The number of aliphatic hydroxyl groups excluding tert-OH is 2. The SMILES string of the molecule is CC(CNCC(O)CO)c1ccccc1. The van der Waals surface area contributed by atoms with Crippen LogP contribution in [0.25, 0.3) is 0 Å². The van der Waals surface area contributed by atoms with Crippen molar-refractivity contribution in [2.24, 2.45) is 0 Å². The highest BCUT2D eigenvalue weighted by atomic mass is 16.3. The first kappa shape index (κ1) is 12.2. The van der Waals surface area contributed by atoms with Crippen LogP contribution in [0.15, 0.2) is 30.3 Å². The van der Waals surface area contributed by atoms with Crippen LogP contribution in [0.3, 0.4) is 0 Å². The van der Waals surface area contributed by atoms with Gasteiger partial charge in [0.2, 0.25) is 0 Å². The Morgan fingerprint density at radius 2 is 1.87 bits per heavy atom. The first-order chi connectivity index (χ1) is 7.24. The zero-order chi connectivity index (χ0) is 11.1. The molecule has 84 valence electrons. The molecule has 0 spiro atoms. The van der Waals surface area contributed by atoms with Crippen LogP contribution in [0.5, 0.6) is 0 Å². The lowest BCUT2D eigenvalue weighted by molar-refractivity contribution is 0.0943. The van der Waals surface area contributed by atoms with Gasteiger partial charge in [0.25, 0.3) is 0 Å². The first-order valence-corrected chi connectivity index (χ1v) is 5.28. The standard InChI is InChI=1S/C12H19NO2/c1-10(7-13-8-12(15)9-14)11-5-3-2-4-6-11/h2-6,10,12-15H,7-9H2,1H3. The number of rotatable bonds is 6. The summed E-state index contributed by atoms with van der Waals surface area (Å²) >= 11 is 0. The predicted molar refractivity (Wildman–Crippen MR) is 60.8 cm³/mol. The molecule has 0 aliphatic carbocycles. The van der Waals surface area contributed by atoms with E-state index in [1.54, 1.807) is 0 Å². The molecule has 1 aromatic rings. The van der Waals surface area contributed by atoms with Crippen LogP contribution in [0.4, 0.5) is 0 Å². The van der Waals surface area contributed by atoms with Gasteiger partial charge in [-0.1, -0.05) is 37.3 Å². The highest BCUT2D eigenvalue weighted by Gasteiger charge is 2.05. The van der Waals surface area contributed by atoms with E-state index in [4.69, 9.17) is 10.2 Å². The number of hydrogen-bond acceptors (Lipinski definition) is 3. The van der Waals surface area contributed by atoms with Gasteiger partial charge >= 0.3 is 0 Å². The Kier molecular flexibility index (Phi) is 5.32. The van der Waals surface area contributed by atoms with Crippen molar-refractivity contribution in [1.82, 2.24) is 5.32 Å². The molecule has 3 N–H and O–H groups in total. The van der Waals surface area contributed by atoms with E-state index < -0.39 is 6.10 Å². The van der Waals surface area contributed by atoms with Gasteiger partial charge in [-0.05, 0) is 11.5 Å². The predicted octanol–water partition coefficient (Wildman–Crippen LogP) is 0.733. The highest BCUT2D eigenvalue weighted by Crippen LogP contribution is 2.12. The second-order valence-electron chi connectivity index (χ2n) is 3.81. The zero-order valence-corrected chi connectivity index (χ0v) is 9.06. The van der Waals surface area contributed by atoms with Crippen molar-refractivity contribution in [1.29, 1.82) is 0 Å². The molecule has 2 atom stereocenters. The maximum absolute atomic E-state index is 9.13. The largest absolute Gasteiger partial charge is 0.394 e. The van der Waals surface area contributed by atoms with E-state index in [1.165, 1.54) is 5.56 Å². The lowest BCUT2D eigenvalue weighted by Gasteiger charge is -2.14. The molecule has 0 heterocycles. The third-order valence-corrected chi connectivity index (χ3v) is 2.41. The molecule has 0 radical (unpaired) electrons. The Balaban J connectivity index is 2.28. The van der Waals surface area contributed by atoms with Crippen LogP contribution in [-0.4, -0.2) is 36.0 Å². The van der Waals surface area contributed by atoms with Crippen molar-refractivity contribution in [2.45, 2.75) is 18.9 Å². The van der Waals surface area contributed by atoms with Gasteiger partial charge in [-0.2, -0.15) is 0 Å². The van der Waals surface area contributed by atoms with Gasteiger partial charge < -0.3 is 15.5 Å². The maximum Gasteiger partial charge on any atom is 0.0894 e. The second kappa shape index (κ2) is 6.56. The fourth-order valence-electron chi connectivity index (χ4n) is 1.43. The van der Waals surface area contributed by atoms with E-state index >= 15 is 0 Å². The molecule has 2 unspecified atom stereocenters. The number of benzene rings is 1. The van der Waals surface area contributed by atoms with E-state index in [0.29, 0.717) is 12.5 Å². The Labute approximate surface area is 90.8 Å². The molecule has 0 aliphatic heterocycles. The lowest BCUT2D eigenvalue weighted by Crippen LogP contribution is -2.31. The summed E-state index contributed by atoms with van der Waals surface area (Å²) < 4.78 is 0. The Morgan fingerprint density at radius 3 is 2.47 bits per heavy atom. The minimum absolute atomic E-state index is 0.188. The van der Waals surface area contributed by atoms with E-state index in [0.717, 1.165) is 6.54 Å². The van der Waals surface area contributed by atoms with Crippen molar-refractivity contribution in [3.63, 3.8) is 0 Å². The fourth-order valence-corrected chi connectivity index (χ4v) is 1.43. The van der Waals surface area contributed by atoms with Crippen LogP contribution >= 0.6 is 0 Å². The summed E-state index contributed by atoms with van der Waals surface area (Å²) in [6, 6.07) is 10.2. The minimum Gasteiger partial charge on any atom is -0.394 e. The topological polar surface area (TPSA) is 52.5 Å². The molecule has 0 saturated carbocycles. The fraction of sp³-hybridized carbons (Fsp3) is 0.500. The summed E-state index contributed by atoms with van der Waals surface area (Å²) in [5.41, 5.74) is 1.28. The maximum atomic E-state index is 9.13. The lowest BCUT2D eigenvalue weighted by atomic mass is 10.0. The van der Waals surface area contributed by atoms with Gasteiger partial charge in [0.05, 0.1) is 12.7 Å². The number of aliphatic hydroxyl groups is 2. The van der Waals surface area contributed by atoms with Gasteiger partial charge in [0, 0.05) is 13.1 Å². The van der Waals surface area contributed by atoms with Crippen molar-refractivity contribution in [3.05, 3.63) is 35.9 Å². The molecule has 3 heteroatoms. The molecule has 0 amide bonds. The quantitative estimate of drug-likeness (QED) is 0.647. The first-order valence-electron chi connectivity index (χ1n) is 5.28. The Hall–Kier alpha value is -0.900. The monoisotopic (exact) mass is 209 g/mol. The number of nitrogens with one attached hydrogen (secondary N) is 1. The van der Waals surface area contributed by atoms with Crippen molar-refractivity contribution in [3.8, 4) is 0 Å². The molecule has 3 nitrogen and oxygen atoms in total. The summed E-state index contributed by atoms with van der Waals surface area (Å²) in [7, 11) is 0. The van der Waals surface area contributed by atoms with E-state index in [-0.39, 0.29) is 6.61 Å². The van der Waals surface area contributed by atoms with Gasteiger partial charge in [0.1, 0.15) is 0 Å². The Bertz CT molecular complexity index is 264. The van der Waals surface area contributed by atoms with Crippen molar-refractivity contribution in [2.75, 3.05) is 19.7 Å². The molecule has 0 saturated heterocycles. The van der Waals surface area contributed by atoms with Crippen molar-refractivity contribution < 1.29 is 10.2 Å². The van der Waals surface area contributed by atoms with Gasteiger partial charge in [-0.25, -0.2) is 0 Å². The molecule has 1 rings (SSSR count). The smallest absolute Gasteiger partial charge is 0.0894 e. The van der Waals surface area contributed by atoms with Crippen LogP contribution in [0.1, 0.15) is 18.4 Å². The molecule has 0 bridgehead atoms. The Morgan fingerprint density at radius 1 is 1.20 bits per heavy atom.